The Morgan fingerprint density at radius 3 is 2.73 bits per heavy atom. The van der Waals surface area contributed by atoms with E-state index in [9.17, 15) is 4.79 Å². The van der Waals surface area contributed by atoms with E-state index in [0.717, 1.165) is 23.0 Å². The number of carbonyl (C=O) groups excluding carboxylic acids is 1. The summed E-state index contributed by atoms with van der Waals surface area (Å²) in [7, 11) is 1.93. The molecule has 2 heterocycles. The first kappa shape index (κ1) is 18.7. The topological polar surface area (TPSA) is 59.8 Å². The minimum Gasteiger partial charge on any atom is -0.355 e. The smallest absolute Gasteiger partial charge is 0.233 e. The lowest BCUT2D eigenvalue weighted by Crippen LogP contribution is -2.32. The van der Waals surface area contributed by atoms with Crippen molar-refractivity contribution in [2.75, 3.05) is 6.54 Å². The van der Waals surface area contributed by atoms with E-state index in [1.54, 1.807) is 11.3 Å². The number of hydrogen-bond acceptors (Lipinski definition) is 5. The van der Waals surface area contributed by atoms with Crippen LogP contribution < -0.4 is 5.32 Å². The molecule has 5 nitrogen and oxygen atoms in total. The zero-order valence-corrected chi connectivity index (χ0v) is 16.7. The molecule has 26 heavy (non-hydrogen) atoms. The van der Waals surface area contributed by atoms with Crippen LogP contribution in [0.5, 0.6) is 0 Å². The summed E-state index contributed by atoms with van der Waals surface area (Å²) in [6.45, 7) is 4.60. The lowest BCUT2D eigenvalue weighted by atomic mass is 10.1. The fraction of sp³-hybridized carbons (Fsp3) is 0.316. The minimum atomic E-state index is -0.230. The summed E-state index contributed by atoms with van der Waals surface area (Å²) >= 11 is 3.14. The van der Waals surface area contributed by atoms with Crippen LogP contribution in [0.2, 0.25) is 0 Å². The average Bonchev–Trinajstić information content (AvgIpc) is 3.26. The maximum atomic E-state index is 12.3. The SMILES string of the molecule is Cc1ccc(-c2nnc(SC(C)C(=O)NCCc3cccs3)n2C)cc1. The van der Waals surface area contributed by atoms with Crippen LogP contribution in [-0.4, -0.2) is 32.5 Å². The van der Waals surface area contributed by atoms with Gasteiger partial charge < -0.3 is 9.88 Å². The molecule has 0 aliphatic carbocycles. The van der Waals surface area contributed by atoms with Gasteiger partial charge in [0.2, 0.25) is 5.91 Å². The molecule has 136 valence electrons. The van der Waals surface area contributed by atoms with Gasteiger partial charge in [-0.15, -0.1) is 21.5 Å². The summed E-state index contributed by atoms with van der Waals surface area (Å²) < 4.78 is 1.94. The van der Waals surface area contributed by atoms with Crippen molar-refractivity contribution in [1.29, 1.82) is 0 Å². The number of thioether (sulfide) groups is 1. The summed E-state index contributed by atoms with van der Waals surface area (Å²) in [4.78, 5) is 13.6. The first-order valence-corrected chi connectivity index (χ1v) is 10.2. The number of benzene rings is 1. The molecule has 3 rings (SSSR count). The van der Waals surface area contributed by atoms with Gasteiger partial charge >= 0.3 is 0 Å². The van der Waals surface area contributed by atoms with Crippen LogP contribution in [0.25, 0.3) is 11.4 Å². The van der Waals surface area contributed by atoms with Crippen molar-refractivity contribution in [3.8, 4) is 11.4 Å². The van der Waals surface area contributed by atoms with E-state index in [0.29, 0.717) is 6.54 Å². The standard InChI is InChI=1S/C19H22N4OS2/c1-13-6-8-15(9-7-13)17-21-22-19(23(17)3)26-14(2)18(24)20-11-10-16-5-4-12-25-16/h4-9,12,14H,10-11H2,1-3H3,(H,20,24). The van der Waals surface area contributed by atoms with Crippen molar-refractivity contribution >= 4 is 29.0 Å². The van der Waals surface area contributed by atoms with Gasteiger partial charge in [0, 0.05) is 24.0 Å². The van der Waals surface area contributed by atoms with E-state index in [1.807, 2.05) is 36.7 Å². The van der Waals surface area contributed by atoms with Crippen molar-refractivity contribution in [2.24, 2.45) is 7.05 Å². The number of thiophene rings is 1. The van der Waals surface area contributed by atoms with Crippen LogP contribution in [0.1, 0.15) is 17.4 Å². The average molecular weight is 387 g/mol. The van der Waals surface area contributed by atoms with Gasteiger partial charge in [-0.2, -0.15) is 0 Å². The number of nitrogens with zero attached hydrogens (tertiary/aromatic N) is 3. The summed E-state index contributed by atoms with van der Waals surface area (Å²) in [6.07, 6.45) is 0.863. The highest BCUT2D eigenvalue weighted by Crippen LogP contribution is 2.25. The largest absolute Gasteiger partial charge is 0.355 e. The molecule has 0 radical (unpaired) electrons. The molecular formula is C19H22N4OS2. The number of hydrogen-bond donors (Lipinski definition) is 1. The number of carbonyl (C=O) groups is 1. The van der Waals surface area contributed by atoms with Gasteiger partial charge in [-0.3, -0.25) is 4.79 Å². The van der Waals surface area contributed by atoms with Crippen molar-refractivity contribution in [3.05, 3.63) is 52.2 Å². The van der Waals surface area contributed by atoms with Gasteiger partial charge in [0.15, 0.2) is 11.0 Å². The molecule has 0 saturated carbocycles. The Morgan fingerprint density at radius 2 is 2.04 bits per heavy atom. The Kier molecular flexibility index (Phi) is 6.11. The van der Waals surface area contributed by atoms with Crippen molar-refractivity contribution in [2.45, 2.75) is 30.7 Å². The Labute approximate surface area is 161 Å². The summed E-state index contributed by atoms with van der Waals surface area (Å²) in [5.41, 5.74) is 2.23. The highest BCUT2D eigenvalue weighted by atomic mass is 32.2. The summed E-state index contributed by atoms with van der Waals surface area (Å²) in [5.74, 6) is 0.823. The molecule has 1 N–H and O–H groups in total. The first-order valence-electron chi connectivity index (χ1n) is 8.48. The summed E-state index contributed by atoms with van der Waals surface area (Å²) in [5, 5.41) is 14.1. The third-order valence-corrected chi connectivity index (χ3v) is 6.12. The Hall–Kier alpha value is -2.12. The van der Waals surface area contributed by atoms with Gasteiger partial charge in [-0.1, -0.05) is 47.7 Å². The maximum Gasteiger partial charge on any atom is 0.233 e. The van der Waals surface area contributed by atoms with Crippen molar-refractivity contribution in [1.82, 2.24) is 20.1 Å². The van der Waals surface area contributed by atoms with Gasteiger partial charge in [0.1, 0.15) is 0 Å². The lowest BCUT2D eigenvalue weighted by molar-refractivity contribution is -0.120. The Bertz CT molecular complexity index is 856. The van der Waals surface area contributed by atoms with Crippen molar-refractivity contribution in [3.63, 3.8) is 0 Å². The Balaban J connectivity index is 1.57. The second-order valence-electron chi connectivity index (χ2n) is 6.11. The fourth-order valence-electron chi connectivity index (χ4n) is 2.49. The molecule has 0 saturated heterocycles. The van der Waals surface area contributed by atoms with E-state index in [4.69, 9.17) is 0 Å². The highest BCUT2D eigenvalue weighted by Gasteiger charge is 2.19. The zero-order chi connectivity index (χ0) is 18.5. The van der Waals surface area contributed by atoms with E-state index < -0.39 is 0 Å². The van der Waals surface area contributed by atoms with Crippen LogP contribution in [0.15, 0.2) is 46.9 Å². The molecule has 0 bridgehead atoms. The molecule has 1 unspecified atom stereocenters. The quantitative estimate of drug-likeness (QED) is 0.629. The molecular weight excluding hydrogens is 364 g/mol. The minimum absolute atomic E-state index is 0.0199. The van der Waals surface area contributed by atoms with Crippen LogP contribution in [0.4, 0.5) is 0 Å². The summed E-state index contributed by atoms with van der Waals surface area (Å²) in [6, 6.07) is 12.3. The predicted molar refractivity (Wildman–Crippen MR) is 108 cm³/mol. The van der Waals surface area contributed by atoms with E-state index in [2.05, 4.69) is 46.0 Å². The number of aryl methyl sites for hydroxylation is 1. The van der Waals surface area contributed by atoms with Crippen LogP contribution in [0.3, 0.4) is 0 Å². The van der Waals surface area contributed by atoms with Crippen LogP contribution in [0, 0.1) is 6.92 Å². The molecule has 1 atom stereocenters. The predicted octanol–water partition coefficient (Wildman–Crippen LogP) is 3.69. The van der Waals surface area contributed by atoms with E-state index >= 15 is 0 Å². The van der Waals surface area contributed by atoms with Gasteiger partial charge in [-0.05, 0) is 31.7 Å². The molecule has 0 aliphatic rings. The van der Waals surface area contributed by atoms with Gasteiger partial charge in [-0.25, -0.2) is 0 Å². The molecule has 1 amide bonds. The van der Waals surface area contributed by atoms with E-state index in [1.165, 1.54) is 22.2 Å². The second-order valence-corrected chi connectivity index (χ2v) is 8.45. The van der Waals surface area contributed by atoms with Gasteiger partial charge in [0.05, 0.1) is 5.25 Å². The number of nitrogens with one attached hydrogen (secondary N) is 1. The third-order valence-electron chi connectivity index (χ3n) is 4.05. The van der Waals surface area contributed by atoms with E-state index in [-0.39, 0.29) is 11.2 Å². The number of amides is 1. The van der Waals surface area contributed by atoms with Crippen LogP contribution >= 0.6 is 23.1 Å². The third kappa shape index (κ3) is 4.53. The Morgan fingerprint density at radius 1 is 1.27 bits per heavy atom. The number of rotatable bonds is 7. The molecule has 0 aliphatic heterocycles. The monoisotopic (exact) mass is 386 g/mol. The molecule has 7 heteroatoms. The maximum absolute atomic E-state index is 12.3. The van der Waals surface area contributed by atoms with Crippen LogP contribution in [-0.2, 0) is 18.3 Å². The normalized spacial score (nSPS) is 12.1. The molecule has 0 fully saturated rings. The highest BCUT2D eigenvalue weighted by molar-refractivity contribution is 8.00. The molecule has 2 aromatic heterocycles. The fourth-order valence-corrected chi connectivity index (χ4v) is 4.04. The van der Waals surface area contributed by atoms with Crippen molar-refractivity contribution < 1.29 is 4.79 Å². The van der Waals surface area contributed by atoms with Gasteiger partial charge in [0.25, 0.3) is 0 Å². The second kappa shape index (κ2) is 8.51. The lowest BCUT2D eigenvalue weighted by Gasteiger charge is -2.11. The zero-order valence-electron chi connectivity index (χ0n) is 15.1. The molecule has 0 spiro atoms. The molecule has 3 aromatic rings. The molecule has 1 aromatic carbocycles. The number of aromatic nitrogens is 3. The first-order chi connectivity index (χ1) is 12.5.